The number of ether oxygens (including phenoxy) is 1. The molecule has 3 heteroatoms. The predicted octanol–water partition coefficient (Wildman–Crippen LogP) is 3.98. The molecule has 3 nitrogen and oxygen atoms in total. The maximum Gasteiger partial charge on any atom is 0.316 e. The summed E-state index contributed by atoms with van der Waals surface area (Å²) in [5.74, 6) is 1.32. The zero-order valence-corrected chi connectivity index (χ0v) is 15.2. The molecular weight excluding hydrogens is 298 g/mol. The third-order valence-corrected chi connectivity index (χ3v) is 6.44. The van der Waals surface area contributed by atoms with Crippen molar-refractivity contribution in [3.05, 3.63) is 29.3 Å². The molecule has 3 unspecified atom stereocenters. The molecule has 0 radical (unpaired) electrons. The molecule has 1 saturated carbocycles. The average molecular weight is 327 g/mol. The summed E-state index contributed by atoms with van der Waals surface area (Å²) in [4.78, 5) is 12.3. The van der Waals surface area contributed by atoms with Gasteiger partial charge in [-0.1, -0.05) is 18.9 Å². The molecule has 130 valence electrons. The number of esters is 1. The van der Waals surface area contributed by atoms with Crippen molar-refractivity contribution in [1.82, 2.24) is 5.32 Å². The van der Waals surface area contributed by atoms with Crippen LogP contribution in [0, 0.1) is 11.3 Å². The van der Waals surface area contributed by atoms with Crippen LogP contribution in [0.5, 0.6) is 5.75 Å². The Labute approximate surface area is 145 Å². The lowest BCUT2D eigenvalue weighted by atomic mass is 9.53. The summed E-state index contributed by atoms with van der Waals surface area (Å²) in [6, 6.07) is 7.01. The van der Waals surface area contributed by atoms with Gasteiger partial charge in [-0.3, -0.25) is 4.79 Å². The summed E-state index contributed by atoms with van der Waals surface area (Å²) in [5, 5.41) is 3.77. The van der Waals surface area contributed by atoms with E-state index in [2.05, 4.69) is 17.4 Å². The number of benzene rings is 1. The minimum Gasteiger partial charge on any atom is -0.426 e. The van der Waals surface area contributed by atoms with Crippen LogP contribution in [-0.2, 0) is 16.6 Å². The fourth-order valence-corrected chi connectivity index (χ4v) is 5.23. The minimum atomic E-state index is -0.471. The van der Waals surface area contributed by atoms with E-state index in [0.717, 1.165) is 24.6 Å². The van der Waals surface area contributed by atoms with Gasteiger partial charge in [0.05, 0.1) is 5.41 Å². The van der Waals surface area contributed by atoms with E-state index in [1.807, 2.05) is 26.8 Å². The molecule has 3 aliphatic rings. The van der Waals surface area contributed by atoms with Crippen molar-refractivity contribution >= 4 is 5.97 Å². The number of rotatable bonds is 1. The van der Waals surface area contributed by atoms with Gasteiger partial charge in [0.25, 0.3) is 0 Å². The van der Waals surface area contributed by atoms with E-state index in [9.17, 15) is 4.79 Å². The van der Waals surface area contributed by atoms with Crippen LogP contribution >= 0.6 is 0 Å². The Balaban J connectivity index is 1.72. The highest BCUT2D eigenvalue weighted by atomic mass is 16.5. The summed E-state index contributed by atoms with van der Waals surface area (Å²) >= 11 is 0. The number of piperidine rings is 1. The monoisotopic (exact) mass is 327 g/mol. The van der Waals surface area contributed by atoms with Gasteiger partial charge in [-0.05, 0) is 82.2 Å². The molecule has 24 heavy (non-hydrogen) atoms. The van der Waals surface area contributed by atoms with Crippen LogP contribution in [-0.4, -0.2) is 18.6 Å². The molecule has 4 rings (SSSR count). The first-order valence-corrected chi connectivity index (χ1v) is 9.49. The van der Waals surface area contributed by atoms with Gasteiger partial charge in [0.1, 0.15) is 5.75 Å². The number of carbonyl (C=O) groups is 1. The highest BCUT2D eigenvalue weighted by Gasteiger charge is 2.51. The third-order valence-electron chi connectivity index (χ3n) is 6.44. The molecule has 2 fully saturated rings. The first kappa shape index (κ1) is 16.1. The SMILES string of the molecule is CC(C)(C)C(=O)Oc1ccc2c(c1)C13CCCCC1C(C2)NCC3. The van der Waals surface area contributed by atoms with Gasteiger partial charge in [-0.2, -0.15) is 0 Å². The van der Waals surface area contributed by atoms with Crippen molar-refractivity contribution in [2.75, 3.05) is 6.54 Å². The molecule has 2 aliphatic carbocycles. The first-order valence-electron chi connectivity index (χ1n) is 9.49. The highest BCUT2D eigenvalue weighted by Crippen LogP contribution is 2.54. The fourth-order valence-electron chi connectivity index (χ4n) is 5.23. The van der Waals surface area contributed by atoms with E-state index in [0.29, 0.717) is 11.5 Å². The number of hydrogen-bond acceptors (Lipinski definition) is 3. The van der Waals surface area contributed by atoms with Gasteiger partial charge < -0.3 is 10.1 Å². The van der Waals surface area contributed by atoms with E-state index in [-0.39, 0.29) is 5.97 Å². The van der Waals surface area contributed by atoms with Crippen molar-refractivity contribution < 1.29 is 9.53 Å². The molecule has 1 heterocycles. The summed E-state index contributed by atoms with van der Waals surface area (Å²) in [7, 11) is 0. The summed E-state index contributed by atoms with van der Waals surface area (Å²) in [6.45, 7) is 6.83. The normalized spacial score (nSPS) is 31.8. The number of hydrogen-bond donors (Lipinski definition) is 1. The van der Waals surface area contributed by atoms with E-state index in [1.54, 1.807) is 0 Å². The Morgan fingerprint density at radius 1 is 1.25 bits per heavy atom. The van der Waals surface area contributed by atoms with Gasteiger partial charge in [0.2, 0.25) is 0 Å². The second kappa shape index (κ2) is 5.59. The first-order chi connectivity index (χ1) is 11.4. The Hall–Kier alpha value is -1.35. The zero-order valence-electron chi connectivity index (χ0n) is 15.2. The van der Waals surface area contributed by atoms with Crippen LogP contribution in [0.3, 0.4) is 0 Å². The standard InChI is InChI=1S/C21H29NO2/c1-20(2,3)19(23)24-15-8-7-14-12-18-16-6-4-5-9-21(16,10-11-22-18)17(14)13-15/h7-8,13,16,18,22H,4-6,9-12H2,1-3H3. The van der Waals surface area contributed by atoms with Crippen molar-refractivity contribution in [3.63, 3.8) is 0 Å². The van der Waals surface area contributed by atoms with Gasteiger partial charge in [0, 0.05) is 11.5 Å². The summed E-state index contributed by atoms with van der Waals surface area (Å²) in [5.41, 5.74) is 2.78. The van der Waals surface area contributed by atoms with Crippen LogP contribution in [0.15, 0.2) is 18.2 Å². The Bertz CT molecular complexity index is 656. The van der Waals surface area contributed by atoms with Crippen molar-refractivity contribution in [3.8, 4) is 5.75 Å². The Kier molecular flexibility index (Phi) is 3.76. The second-order valence-corrected chi connectivity index (χ2v) is 8.98. The van der Waals surface area contributed by atoms with Gasteiger partial charge >= 0.3 is 5.97 Å². The molecule has 1 aromatic rings. The summed E-state index contributed by atoms with van der Waals surface area (Å²) < 4.78 is 5.70. The van der Waals surface area contributed by atoms with Crippen molar-refractivity contribution in [1.29, 1.82) is 0 Å². The van der Waals surface area contributed by atoms with Crippen molar-refractivity contribution in [2.45, 2.75) is 70.8 Å². The van der Waals surface area contributed by atoms with Crippen molar-refractivity contribution in [2.24, 2.45) is 11.3 Å². The lowest BCUT2D eigenvalue weighted by molar-refractivity contribution is -0.143. The lowest BCUT2D eigenvalue weighted by Gasteiger charge is -2.56. The molecule has 1 saturated heterocycles. The smallest absolute Gasteiger partial charge is 0.316 e. The molecule has 2 bridgehead atoms. The largest absolute Gasteiger partial charge is 0.426 e. The van der Waals surface area contributed by atoms with E-state index < -0.39 is 5.41 Å². The maximum absolute atomic E-state index is 12.3. The summed E-state index contributed by atoms with van der Waals surface area (Å²) in [6.07, 6.45) is 7.66. The Morgan fingerprint density at radius 3 is 2.88 bits per heavy atom. The molecule has 0 aromatic heterocycles. The minimum absolute atomic E-state index is 0.154. The average Bonchev–Trinajstić information content (AvgIpc) is 2.54. The third kappa shape index (κ3) is 2.48. The number of carbonyl (C=O) groups excluding carboxylic acids is 1. The van der Waals surface area contributed by atoms with Crippen LogP contribution in [0.25, 0.3) is 0 Å². The molecular formula is C21H29NO2. The van der Waals surface area contributed by atoms with E-state index in [4.69, 9.17) is 4.74 Å². The predicted molar refractivity (Wildman–Crippen MR) is 95.3 cm³/mol. The zero-order chi connectivity index (χ0) is 16.9. The molecule has 0 amide bonds. The molecule has 1 N–H and O–H groups in total. The van der Waals surface area contributed by atoms with Gasteiger partial charge in [0.15, 0.2) is 0 Å². The fraction of sp³-hybridized carbons (Fsp3) is 0.667. The molecule has 3 atom stereocenters. The van der Waals surface area contributed by atoms with Gasteiger partial charge in [-0.25, -0.2) is 0 Å². The van der Waals surface area contributed by atoms with Crippen LogP contribution < -0.4 is 10.1 Å². The lowest BCUT2D eigenvalue weighted by Crippen LogP contribution is -2.59. The van der Waals surface area contributed by atoms with E-state index >= 15 is 0 Å². The molecule has 0 spiro atoms. The van der Waals surface area contributed by atoms with Crippen LogP contribution in [0.2, 0.25) is 0 Å². The topological polar surface area (TPSA) is 38.3 Å². The van der Waals surface area contributed by atoms with Gasteiger partial charge in [-0.15, -0.1) is 0 Å². The van der Waals surface area contributed by atoms with E-state index in [1.165, 1.54) is 43.2 Å². The number of fused-ring (bicyclic) bond motifs is 1. The van der Waals surface area contributed by atoms with Crippen LogP contribution in [0.4, 0.5) is 0 Å². The maximum atomic E-state index is 12.3. The van der Waals surface area contributed by atoms with Crippen LogP contribution in [0.1, 0.15) is 64.0 Å². The highest BCUT2D eigenvalue weighted by molar-refractivity contribution is 5.78. The molecule has 1 aromatic carbocycles. The number of nitrogens with one attached hydrogen (secondary N) is 1. The second-order valence-electron chi connectivity index (χ2n) is 8.98. The molecule has 1 aliphatic heterocycles. The Morgan fingerprint density at radius 2 is 2.08 bits per heavy atom. The quantitative estimate of drug-likeness (QED) is 0.626.